The molecule has 2 aliphatic heterocycles. The van der Waals surface area contributed by atoms with Gasteiger partial charge in [0.25, 0.3) is 0 Å². The van der Waals surface area contributed by atoms with Crippen molar-refractivity contribution in [3.63, 3.8) is 0 Å². The molecule has 3 aromatic carbocycles. The maximum atomic E-state index is 17.9. The maximum absolute atomic E-state index is 17.9. The highest BCUT2D eigenvalue weighted by Crippen LogP contribution is 2.72. The molecule has 13 atom stereocenters. The maximum Gasteiger partial charge on any atom is 0.407 e. The zero-order valence-electron chi connectivity index (χ0n) is 66.9. The molecule has 34 heteroatoms. The fourth-order valence-electron chi connectivity index (χ4n) is 16.6. The molecule has 1 unspecified atom stereocenters. The van der Waals surface area contributed by atoms with E-state index in [9.17, 15) is 67.7 Å². The van der Waals surface area contributed by atoms with Gasteiger partial charge >= 0.3 is 18.1 Å². The Balaban J connectivity index is 0.639. The number of para-hydroxylation sites is 1. The zero-order valence-corrected chi connectivity index (χ0v) is 66.9. The molecule has 638 valence electrons. The summed E-state index contributed by atoms with van der Waals surface area (Å²) in [5.74, 6) is -8.89. The first-order valence-electron chi connectivity index (χ1n) is 39.8. The summed E-state index contributed by atoms with van der Waals surface area (Å²) in [6.07, 6.45) is -0.678. The summed E-state index contributed by atoms with van der Waals surface area (Å²) in [7, 11) is 0. The molecule has 0 aromatic heterocycles. The zero-order chi connectivity index (χ0) is 84.6. The Kier molecular flexibility index (Phi) is 33.0. The second-order valence-electron chi connectivity index (χ2n) is 30.8. The van der Waals surface area contributed by atoms with Crippen LogP contribution in [0.1, 0.15) is 141 Å². The van der Waals surface area contributed by atoms with Crippen molar-refractivity contribution in [1.82, 2.24) is 37.2 Å². The van der Waals surface area contributed by atoms with Gasteiger partial charge in [-0.25, -0.2) is 18.4 Å². The number of Topliss-reactive ketones (excluding diaryl/α,β-unsaturated/α-hetero) is 1. The minimum Gasteiger partial charge on any atom is -0.481 e. The molecule has 0 radical (unpaired) electrons. The molecule has 9 rings (SSSR count). The third kappa shape index (κ3) is 23.1. The largest absolute Gasteiger partial charge is 0.481 e. The number of aliphatic hydroxyl groups is 1. The number of carbonyl (C=O) groups excluding carboxylic acids is 11. The molecule has 1 saturated heterocycles. The number of rotatable bonds is 44. The summed E-state index contributed by atoms with van der Waals surface area (Å²) < 4.78 is 80.1. The van der Waals surface area contributed by atoms with Gasteiger partial charge in [-0.15, -0.1) is 0 Å². The average molecular weight is 1640 g/mol. The lowest BCUT2D eigenvalue weighted by molar-refractivity contribution is -0.235. The van der Waals surface area contributed by atoms with Crippen LogP contribution >= 0.6 is 0 Å². The molecule has 4 aliphatic carbocycles. The number of benzene rings is 3. The number of carbonyl (C=O) groups is 12. The topological polar surface area (TPSA) is 445 Å². The van der Waals surface area contributed by atoms with E-state index in [1.54, 1.807) is 25.7 Å². The second-order valence-corrected chi connectivity index (χ2v) is 30.8. The first-order chi connectivity index (χ1) is 55.9. The Hall–Kier alpha value is -9.94. The molecule has 6 aliphatic rings. The van der Waals surface area contributed by atoms with Crippen LogP contribution in [-0.4, -0.2) is 221 Å². The van der Waals surface area contributed by atoms with Crippen molar-refractivity contribution in [2.75, 3.05) is 96.0 Å². The molecule has 3 aromatic rings. The van der Waals surface area contributed by atoms with E-state index >= 15 is 8.78 Å². The first kappa shape index (κ1) is 91.0. The number of hydrogen-bond donors (Lipinski definition) is 11. The van der Waals surface area contributed by atoms with Crippen LogP contribution in [-0.2, 0) is 99.0 Å². The fourth-order valence-corrected chi connectivity index (χ4v) is 16.6. The van der Waals surface area contributed by atoms with E-state index in [1.807, 2.05) is 55.5 Å². The van der Waals surface area contributed by atoms with Crippen LogP contribution < -0.4 is 53.2 Å². The molecule has 117 heavy (non-hydrogen) atoms. The molecule has 12 N–H and O–H groups in total. The number of nitrogens with zero attached hydrogens (tertiary/aromatic N) is 1. The Morgan fingerprint density at radius 3 is 2.09 bits per heavy atom. The lowest BCUT2D eigenvalue weighted by Crippen LogP contribution is -2.71. The van der Waals surface area contributed by atoms with Crippen LogP contribution in [0, 0.1) is 28.6 Å². The molecule has 2 heterocycles. The minimum atomic E-state index is -2.39. The van der Waals surface area contributed by atoms with Crippen molar-refractivity contribution in [3.8, 4) is 0 Å². The third-order valence-corrected chi connectivity index (χ3v) is 22.5. The second kappa shape index (κ2) is 42.5. The number of allylic oxidation sites excluding steroid dienone is 5. The van der Waals surface area contributed by atoms with Gasteiger partial charge in [-0.1, -0.05) is 94.8 Å². The van der Waals surface area contributed by atoms with Crippen molar-refractivity contribution >= 4 is 94.0 Å². The minimum absolute atomic E-state index is 0.0190. The van der Waals surface area contributed by atoms with E-state index in [1.165, 1.54) is 43.3 Å². The van der Waals surface area contributed by atoms with Crippen LogP contribution in [0.2, 0.25) is 0 Å². The number of fused-ring (bicyclic) bond motifs is 9. The highest BCUT2D eigenvalue weighted by Gasteiger charge is 2.80. The number of urea groups is 1. The summed E-state index contributed by atoms with van der Waals surface area (Å²) in [6.45, 7) is 10.5. The highest BCUT2D eigenvalue weighted by atomic mass is 19.1. The van der Waals surface area contributed by atoms with Crippen molar-refractivity contribution in [2.24, 2.45) is 34.3 Å². The molecule has 4 fully saturated rings. The molecular formula is C83H110F2N10O22. The van der Waals surface area contributed by atoms with E-state index in [2.05, 4.69) is 55.5 Å². The number of ether oxygens (including phenoxy) is 8. The van der Waals surface area contributed by atoms with Crippen LogP contribution in [0.15, 0.2) is 96.6 Å². The number of hydrogen-bond acceptors (Lipinski definition) is 21. The van der Waals surface area contributed by atoms with E-state index in [0.29, 0.717) is 24.9 Å². The predicted molar refractivity (Wildman–Crippen MR) is 421 cm³/mol. The quantitative estimate of drug-likeness (QED) is 0.0242. The molecule has 0 bridgehead atoms. The number of nitrogens with two attached hydrogens (primary N) is 1. The molecule has 32 nitrogen and oxygen atoms in total. The highest BCUT2D eigenvalue weighted by molar-refractivity contribution is 6.02. The van der Waals surface area contributed by atoms with E-state index in [-0.39, 0.29) is 153 Å². The Morgan fingerprint density at radius 1 is 0.709 bits per heavy atom. The number of anilines is 2. The summed E-state index contributed by atoms with van der Waals surface area (Å²) in [5.41, 5.74) is 3.80. The lowest BCUT2D eigenvalue weighted by atomic mass is 9.44. The number of halogens is 2. The molecule has 0 spiro atoms. The molecule has 10 amide bonds. The van der Waals surface area contributed by atoms with Gasteiger partial charge in [-0.05, 0) is 140 Å². The monoisotopic (exact) mass is 1640 g/mol. The van der Waals surface area contributed by atoms with Gasteiger partial charge in [0.2, 0.25) is 41.4 Å². The summed E-state index contributed by atoms with van der Waals surface area (Å²) in [4.78, 5) is 159. The first-order valence-corrected chi connectivity index (χ1v) is 39.8. The third-order valence-electron chi connectivity index (χ3n) is 22.5. The van der Waals surface area contributed by atoms with Gasteiger partial charge in [0, 0.05) is 61.2 Å². The molecular weight excluding hydrogens is 1530 g/mol. The van der Waals surface area contributed by atoms with Gasteiger partial charge < -0.3 is 101 Å². The van der Waals surface area contributed by atoms with Gasteiger partial charge in [-0.3, -0.25) is 47.9 Å². The van der Waals surface area contributed by atoms with E-state index in [4.69, 9.17) is 43.6 Å². The van der Waals surface area contributed by atoms with Crippen molar-refractivity contribution in [2.45, 2.75) is 186 Å². The lowest BCUT2D eigenvalue weighted by Gasteiger charge is -2.63. The summed E-state index contributed by atoms with van der Waals surface area (Å²) >= 11 is 0. The smallest absolute Gasteiger partial charge is 0.407 e. The predicted octanol–water partition coefficient (Wildman–Crippen LogP) is 5.60. The van der Waals surface area contributed by atoms with E-state index in [0.717, 1.165) is 34.0 Å². The van der Waals surface area contributed by atoms with Gasteiger partial charge in [0.1, 0.15) is 50.8 Å². The average Bonchev–Trinajstić information content (AvgIpc) is 1.53. The van der Waals surface area contributed by atoms with Crippen LogP contribution in [0.25, 0.3) is 11.6 Å². The Bertz CT molecular complexity index is 4150. The van der Waals surface area contributed by atoms with Gasteiger partial charge in [0.15, 0.2) is 29.1 Å². The van der Waals surface area contributed by atoms with Crippen LogP contribution in [0.3, 0.4) is 0 Å². The standard InChI is InChI=1S/C83H110F2N10O22/c1-7-13-73-116-67-43-58-59-42-61(84)60-41-56(96)27-29-80(60,5)82(59,85)65(97)44-81(58,6)83(67,117-73)66(98)48-114-49-90-70(101)45-89-79(109)115-47-52-19-21-55(22-20-52)91-75(105)62(17-12-30-88-78(86)108)93-77(107)74(50(2)3)94-76(106)63(23-26-72(103)104)92-69(100)28-32-110-34-36-112-38-39-113-37-35-111-33-31-87-68(99)24-25-71(102)95-46-54-15-8-10-16-57(54)51(4)40-53-14-9-11-18-64(53)95/h8-11,14-16,18-22,27,29,40-41,50,58-59,61-63,65,67,73-74,97H,7,12-13,17,23-26,28,30-39,42-49H2,1-6H3,(H,87,99)(H,89,109)(H,90,101)(H,91,105)(H,92,100)(H,93,107)(H,94,106)(H,103,104)(H3,86,88,108)/b51-40-/t58-,59-,61-,62-,63-,65-,67+,73?,74-,80-,81-,82-,83+/m0/s1. The number of carboxylic acid groups (broad SMARTS) is 1. The van der Waals surface area contributed by atoms with Crippen LogP contribution in [0.5, 0.6) is 0 Å². The number of carboxylic acids is 1. The number of amides is 10. The number of alkyl halides is 2. The van der Waals surface area contributed by atoms with Crippen molar-refractivity contribution in [1.29, 1.82) is 0 Å². The fraction of sp³-hybridized carbons (Fsp3) is 0.566. The number of primary amides is 1. The summed E-state index contributed by atoms with van der Waals surface area (Å²) in [5, 5.41) is 41.9. The van der Waals surface area contributed by atoms with Crippen molar-refractivity contribution in [3.05, 3.63) is 119 Å². The van der Waals surface area contributed by atoms with E-state index < -0.39 is 168 Å². The number of alkyl carbamates (subject to hydrolysis) is 1. The Morgan fingerprint density at radius 2 is 1.39 bits per heavy atom. The van der Waals surface area contributed by atoms with Gasteiger partial charge in [0.05, 0.1) is 77.3 Å². The Labute approximate surface area is 677 Å². The van der Waals surface area contributed by atoms with Crippen LogP contribution in [0.4, 0.5) is 29.7 Å². The van der Waals surface area contributed by atoms with Crippen molar-refractivity contribution < 1.29 is 114 Å². The van der Waals surface area contributed by atoms with Gasteiger partial charge in [-0.2, -0.15) is 0 Å². The SMILES string of the molecule is CCCC1O[C@@H]2C[C@H]3[C@@H]4C[C@H](F)C5=CC(=O)C=C[C@]5(C)[C@@]4(F)[C@@H](O)C[C@]3(C)[C@]2(C(=O)COCNC(=O)CNC(=O)OCc2ccc(NC(=O)[C@H](CCCNC(N)=O)NC(=O)[C@@H](NC(=O)[C@H](CCC(=O)O)NC(=O)CCOCCOCCOCCOCCNC(=O)CCC(=O)N3Cc4ccccc4/C(C)=C\c4ccccc43)C(C)C)cc2)O1. The number of aliphatic carboxylic acids is 1. The number of nitrogens with one attached hydrogen (secondary N) is 8. The normalized spacial score (nSPS) is 24.6. The summed E-state index contributed by atoms with van der Waals surface area (Å²) in [6, 6.07) is 16.9. The molecule has 3 saturated carbocycles. The number of aliphatic hydroxyl groups excluding tert-OH is 1. The number of ketones is 2.